The Morgan fingerprint density at radius 3 is 2.50 bits per heavy atom. The van der Waals surface area contributed by atoms with E-state index in [0.717, 1.165) is 16.8 Å². The number of methoxy groups -OCH3 is 1. The maximum atomic E-state index is 13.4. The summed E-state index contributed by atoms with van der Waals surface area (Å²) in [4.78, 5) is 16.6. The van der Waals surface area contributed by atoms with Gasteiger partial charge in [-0.2, -0.15) is 5.10 Å². The molecule has 0 saturated carbocycles. The second-order valence-corrected chi connectivity index (χ2v) is 6.56. The first-order chi connectivity index (χ1) is 14.6. The molecule has 30 heavy (non-hydrogen) atoms. The number of hydrogen-bond donors (Lipinski definition) is 1. The number of para-hydroxylation sites is 1. The first-order valence-corrected chi connectivity index (χ1v) is 9.32. The van der Waals surface area contributed by atoms with Gasteiger partial charge in [0, 0.05) is 36.1 Å². The molecule has 0 aliphatic heterocycles. The Morgan fingerprint density at radius 2 is 1.83 bits per heavy atom. The number of carbonyl (C=O) groups excluding carboxylic acids is 1. The first-order valence-electron chi connectivity index (χ1n) is 9.32. The van der Waals surface area contributed by atoms with Crippen molar-refractivity contribution in [1.29, 1.82) is 0 Å². The highest BCUT2D eigenvalue weighted by molar-refractivity contribution is 5.93. The van der Waals surface area contributed by atoms with Crippen molar-refractivity contribution >= 4 is 5.91 Å². The van der Waals surface area contributed by atoms with Crippen LogP contribution in [0.5, 0.6) is 5.88 Å². The van der Waals surface area contributed by atoms with Crippen LogP contribution >= 0.6 is 0 Å². The Kier molecular flexibility index (Phi) is 5.52. The van der Waals surface area contributed by atoms with E-state index in [2.05, 4.69) is 15.4 Å². The van der Waals surface area contributed by atoms with Crippen molar-refractivity contribution in [3.05, 3.63) is 96.1 Å². The molecule has 0 bridgehead atoms. The number of ether oxygens (including phenoxy) is 1. The van der Waals surface area contributed by atoms with Crippen molar-refractivity contribution in [1.82, 2.24) is 20.1 Å². The minimum Gasteiger partial charge on any atom is -0.481 e. The molecule has 2 heterocycles. The van der Waals surface area contributed by atoms with Crippen LogP contribution in [0.3, 0.4) is 0 Å². The van der Waals surface area contributed by atoms with Gasteiger partial charge in [-0.1, -0.05) is 18.2 Å². The third kappa shape index (κ3) is 4.20. The average Bonchev–Trinajstić information content (AvgIpc) is 3.23. The van der Waals surface area contributed by atoms with Gasteiger partial charge in [-0.15, -0.1) is 0 Å². The Labute approximate surface area is 173 Å². The van der Waals surface area contributed by atoms with Crippen LogP contribution in [0.15, 0.2) is 79.1 Å². The quantitative estimate of drug-likeness (QED) is 0.529. The van der Waals surface area contributed by atoms with E-state index in [1.54, 1.807) is 28.9 Å². The lowest BCUT2D eigenvalue weighted by atomic mass is 10.1. The summed E-state index contributed by atoms with van der Waals surface area (Å²) >= 11 is 0. The monoisotopic (exact) mass is 402 g/mol. The summed E-state index contributed by atoms with van der Waals surface area (Å²) in [5, 5.41) is 7.56. The summed E-state index contributed by atoms with van der Waals surface area (Å²) < 4.78 is 20.1. The van der Waals surface area contributed by atoms with E-state index in [0.29, 0.717) is 17.1 Å². The van der Waals surface area contributed by atoms with Crippen molar-refractivity contribution in [2.75, 3.05) is 7.11 Å². The van der Waals surface area contributed by atoms with Crippen LogP contribution < -0.4 is 10.1 Å². The molecule has 0 aliphatic carbocycles. The summed E-state index contributed by atoms with van der Waals surface area (Å²) in [5.41, 5.74) is 3.56. The normalized spacial score (nSPS) is 10.6. The number of benzene rings is 2. The van der Waals surface area contributed by atoms with Crippen molar-refractivity contribution in [3.8, 4) is 22.8 Å². The van der Waals surface area contributed by atoms with Crippen molar-refractivity contribution in [2.24, 2.45) is 0 Å². The van der Waals surface area contributed by atoms with E-state index in [4.69, 9.17) is 4.74 Å². The molecule has 0 radical (unpaired) electrons. The van der Waals surface area contributed by atoms with Gasteiger partial charge in [-0.3, -0.25) is 4.79 Å². The fourth-order valence-electron chi connectivity index (χ4n) is 3.02. The summed E-state index contributed by atoms with van der Waals surface area (Å²) in [6, 6.07) is 19.1. The number of pyridine rings is 1. The topological polar surface area (TPSA) is 69.0 Å². The largest absolute Gasteiger partial charge is 0.481 e. The van der Waals surface area contributed by atoms with Crippen molar-refractivity contribution in [3.63, 3.8) is 0 Å². The molecule has 0 spiro atoms. The van der Waals surface area contributed by atoms with Gasteiger partial charge >= 0.3 is 0 Å². The number of hydrogen-bond acceptors (Lipinski definition) is 4. The highest BCUT2D eigenvalue weighted by Crippen LogP contribution is 2.24. The predicted octanol–water partition coefficient (Wildman–Crippen LogP) is 4.01. The zero-order chi connectivity index (χ0) is 20.9. The van der Waals surface area contributed by atoms with Crippen LogP contribution in [-0.2, 0) is 6.54 Å². The van der Waals surface area contributed by atoms with Crippen molar-refractivity contribution < 1.29 is 13.9 Å². The predicted molar refractivity (Wildman–Crippen MR) is 111 cm³/mol. The summed E-state index contributed by atoms with van der Waals surface area (Å²) in [7, 11) is 1.52. The molecular weight excluding hydrogens is 383 g/mol. The van der Waals surface area contributed by atoms with Crippen LogP contribution in [0.2, 0.25) is 0 Å². The van der Waals surface area contributed by atoms with Gasteiger partial charge in [-0.25, -0.2) is 14.1 Å². The summed E-state index contributed by atoms with van der Waals surface area (Å²) in [6.07, 6.45) is 3.32. The fourth-order valence-corrected chi connectivity index (χ4v) is 3.02. The van der Waals surface area contributed by atoms with E-state index in [-0.39, 0.29) is 18.3 Å². The standard InChI is InChI=1S/C23H19FN4O2/c1-30-21-12-9-17(13-25-21)23(29)26-14-18-15-28(20-5-3-2-4-6-20)27-22(18)16-7-10-19(24)11-8-16/h2-13,15H,14H2,1H3,(H,26,29). The number of carbonyl (C=O) groups is 1. The number of rotatable bonds is 6. The van der Waals surface area contributed by atoms with Gasteiger partial charge < -0.3 is 10.1 Å². The molecular formula is C23H19FN4O2. The second-order valence-electron chi connectivity index (χ2n) is 6.56. The number of nitrogens with one attached hydrogen (secondary N) is 1. The molecule has 4 aromatic rings. The lowest BCUT2D eigenvalue weighted by Crippen LogP contribution is -2.23. The lowest BCUT2D eigenvalue weighted by molar-refractivity contribution is 0.0950. The second kappa shape index (κ2) is 8.57. The highest BCUT2D eigenvalue weighted by Gasteiger charge is 2.14. The first kappa shape index (κ1) is 19.3. The molecule has 4 rings (SSSR count). The maximum absolute atomic E-state index is 13.4. The molecule has 1 amide bonds. The Balaban J connectivity index is 1.61. The molecule has 2 aromatic carbocycles. The Bertz CT molecular complexity index is 1140. The number of aromatic nitrogens is 3. The number of halogens is 1. The molecule has 150 valence electrons. The van der Waals surface area contributed by atoms with E-state index < -0.39 is 0 Å². The SMILES string of the molecule is COc1ccc(C(=O)NCc2cn(-c3ccccc3)nc2-c2ccc(F)cc2)cn1. The van der Waals surface area contributed by atoms with Crippen LogP contribution in [0.1, 0.15) is 15.9 Å². The van der Waals surface area contributed by atoms with Gasteiger partial charge in [0.1, 0.15) is 5.82 Å². The van der Waals surface area contributed by atoms with E-state index in [1.165, 1.54) is 25.4 Å². The highest BCUT2D eigenvalue weighted by atomic mass is 19.1. The maximum Gasteiger partial charge on any atom is 0.253 e. The zero-order valence-electron chi connectivity index (χ0n) is 16.2. The van der Waals surface area contributed by atoms with Crippen LogP contribution in [0.4, 0.5) is 4.39 Å². The molecule has 0 aliphatic rings. The van der Waals surface area contributed by atoms with Gasteiger partial charge in [-0.05, 0) is 42.5 Å². The molecule has 7 heteroatoms. The Hall–Kier alpha value is -4.00. The van der Waals surface area contributed by atoms with Crippen LogP contribution in [-0.4, -0.2) is 27.8 Å². The van der Waals surface area contributed by atoms with Gasteiger partial charge in [0.15, 0.2) is 0 Å². The summed E-state index contributed by atoms with van der Waals surface area (Å²) in [5.74, 6) is -0.139. The molecule has 0 unspecified atom stereocenters. The molecule has 0 atom stereocenters. The van der Waals surface area contributed by atoms with Gasteiger partial charge in [0.25, 0.3) is 5.91 Å². The third-order valence-corrected chi connectivity index (χ3v) is 4.58. The number of nitrogens with zero attached hydrogens (tertiary/aromatic N) is 3. The summed E-state index contributed by atoms with van der Waals surface area (Å²) in [6.45, 7) is 0.254. The van der Waals surface area contributed by atoms with E-state index in [9.17, 15) is 9.18 Å². The van der Waals surface area contributed by atoms with E-state index >= 15 is 0 Å². The minimum atomic E-state index is -0.317. The lowest BCUT2D eigenvalue weighted by Gasteiger charge is -2.06. The molecule has 0 fully saturated rings. The molecule has 2 aromatic heterocycles. The molecule has 1 N–H and O–H groups in total. The molecule has 0 saturated heterocycles. The minimum absolute atomic E-state index is 0.254. The van der Waals surface area contributed by atoms with Crippen LogP contribution in [0.25, 0.3) is 16.9 Å². The smallest absolute Gasteiger partial charge is 0.253 e. The average molecular weight is 402 g/mol. The third-order valence-electron chi connectivity index (χ3n) is 4.58. The van der Waals surface area contributed by atoms with E-state index in [1.807, 2.05) is 36.5 Å². The molecule has 6 nitrogen and oxygen atoms in total. The van der Waals surface area contributed by atoms with Crippen molar-refractivity contribution in [2.45, 2.75) is 6.54 Å². The fraction of sp³-hybridized carbons (Fsp3) is 0.0870. The Morgan fingerprint density at radius 1 is 1.07 bits per heavy atom. The van der Waals surface area contributed by atoms with Gasteiger partial charge in [0.05, 0.1) is 24.1 Å². The number of amides is 1. The van der Waals surface area contributed by atoms with Crippen LogP contribution in [0, 0.1) is 5.82 Å². The zero-order valence-corrected chi connectivity index (χ0v) is 16.2. The van der Waals surface area contributed by atoms with Gasteiger partial charge in [0.2, 0.25) is 5.88 Å².